The number of aliphatic hydroxyl groups excluding tert-OH is 1. The van der Waals surface area contributed by atoms with E-state index in [1.54, 1.807) is 29.2 Å². The maximum Gasteiger partial charge on any atom is 0.244 e. The fourth-order valence-corrected chi connectivity index (χ4v) is 3.92. The lowest BCUT2D eigenvalue weighted by Crippen LogP contribution is -2.33. The van der Waals surface area contributed by atoms with Gasteiger partial charge < -0.3 is 10.0 Å². The Hall–Kier alpha value is -3.29. The first-order valence-electron chi connectivity index (χ1n) is 10.2. The Bertz CT molecular complexity index is 1160. The molecule has 1 amide bonds. The number of likely N-dealkylation sites (tertiary alicyclic amines) is 1. The van der Waals surface area contributed by atoms with Gasteiger partial charge in [0.2, 0.25) is 5.91 Å². The number of fused-ring (bicyclic) bond motifs is 1. The van der Waals surface area contributed by atoms with Crippen LogP contribution >= 0.6 is 11.6 Å². The van der Waals surface area contributed by atoms with Crippen molar-refractivity contribution in [2.75, 3.05) is 13.1 Å². The molecule has 0 saturated carbocycles. The molecule has 1 saturated heterocycles. The Balaban J connectivity index is 2.20. The largest absolute Gasteiger partial charge is 0.391 e. The highest BCUT2D eigenvalue weighted by Gasteiger charge is 2.27. The van der Waals surface area contributed by atoms with E-state index in [2.05, 4.69) is 35.0 Å². The van der Waals surface area contributed by atoms with Gasteiger partial charge in [0.1, 0.15) is 17.9 Å². The Kier molecular flexibility index (Phi) is 7.56. The molecule has 0 aliphatic carbocycles. The monoisotopic (exact) mass is 451 g/mol. The molecular formula is C24H26ClN5O2. The van der Waals surface area contributed by atoms with Gasteiger partial charge in [0, 0.05) is 24.2 Å². The van der Waals surface area contributed by atoms with E-state index < -0.39 is 6.10 Å². The number of hydrogen-bond acceptors (Lipinski definition) is 5. The third-order valence-corrected chi connectivity index (χ3v) is 5.47. The van der Waals surface area contributed by atoms with Crippen molar-refractivity contribution in [1.82, 2.24) is 24.9 Å². The average Bonchev–Trinajstić information content (AvgIpc) is 3.37. The summed E-state index contributed by atoms with van der Waals surface area (Å²) < 4.78 is 1.51. The van der Waals surface area contributed by atoms with E-state index in [0.29, 0.717) is 52.5 Å². The zero-order valence-electron chi connectivity index (χ0n) is 18.0. The van der Waals surface area contributed by atoms with Gasteiger partial charge in [-0.2, -0.15) is 5.10 Å². The smallest absolute Gasteiger partial charge is 0.244 e. The Morgan fingerprint density at radius 2 is 1.91 bits per heavy atom. The van der Waals surface area contributed by atoms with Gasteiger partial charge in [0.05, 0.1) is 16.5 Å². The lowest BCUT2D eigenvalue weighted by atomic mass is 10.1. The summed E-state index contributed by atoms with van der Waals surface area (Å²) in [6, 6.07) is 0. The molecule has 32 heavy (non-hydrogen) atoms. The molecule has 1 atom stereocenters. The van der Waals surface area contributed by atoms with Crippen LogP contribution in [0.4, 0.5) is 0 Å². The standard InChI is InChI=1S/C24H26ClN5O2/c1-5-9-16(8-4)23-21(25)20-22(17(10-6-2)11-7-3)28-30(24(20)27-26-23)15-19(32)29-13-12-18(31)14-29/h5-11,18,31H,1-2,4,12-15H2,3H3/b11-7-,16-9+,17-10+. The average molecular weight is 452 g/mol. The van der Waals surface area contributed by atoms with Crippen LogP contribution in [0.3, 0.4) is 0 Å². The van der Waals surface area contributed by atoms with Crippen molar-refractivity contribution < 1.29 is 9.90 Å². The van der Waals surface area contributed by atoms with Crippen molar-refractivity contribution in [2.45, 2.75) is 26.0 Å². The summed E-state index contributed by atoms with van der Waals surface area (Å²) in [5.74, 6) is -0.155. The van der Waals surface area contributed by atoms with E-state index in [4.69, 9.17) is 11.6 Å². The summed E-state index contributed by atoms with van der Waals surface area (Å²) in [6.07, 6.45) is 12.3. The van der Waals surface area contributed by atoms with E-state index in [1.807, 2.05) is 25.2 Å². The molecule has 0 bridgehead atoms. The number of aliphatic hydroxyl groups is 1. The molecule has 1 fully saturated rings. The van der Waals surface area contributed by atoms with Crippen LogP contribution in [0, 0.1) is 0 Å². The molecule has 1 aliphatic heterocycles. The molecule has 2 aromatic heterocycles. The molecule has 3 heterocycles. The minimum Gasteiger partial charge on any atom is -0.391 e. The van der Waals surface area contributed by atoms with Crippen LogP contribution in [0.15, 0.2) is 62.3 Å². The Labute approximate surface area is 192 Å². The van der Waals surface area contributed by atoms with Crippen LogP contribution in [0.5, 0.6) is 0 Å². The van der Waals surface area contributed by atoms with Crippen molar-refractivity contribution in [1.29, 1.82) is 0 Å². The van der Waals surface area contributed by atoms with Crippen molar-refractivity contribution in [2.24, 2.45) is 0 Å². The molecular weight excluding hydrogens is 426 g/mol. The van der Waals surface area contributed by atoms with Crippen molar-refractivity contribution in [3.8, 4) is 0 Å². The summed E-state index contributed by atoms with van der Waals surface area (Å²) >= 11 is 6.81. The molecule has 1 aliphatic rings. The van der Waals surface area contributed by atoms with Gasteiger partial charge >= 0.3 is 0 Å². The van der Waals surface area contributed by atoms with E-state index >= 15 is 0 Å². The molecule has 1 N–H and O–H groups in total. The second-order valence-corrected chi connectivity index (χ2v) is 7.65. The molecule has 8 heteroatoms. The molecule has 0 spiro atoms. The SMILES string of the molecule is C=C/C=C(\C=C)c1nnc2c(c(C(/C=C\C)=C/C=C)nn2CC(=O)N2CCC(O)C2)c1Cl. The maximum absolute atomic E-state index is 12.8. The lowest BCUT2D eigenvalue weighted by Gasteiger charge is -2.15. The van der Waals surface area contributed by atoms with Gasteiger partial charge in [-0.1, -0.05) is 73.9 Å². The minimum absolute atomic E-state index is 0.0401. The highest BCUT2D eigenvalue weighted by Crippen LogP contribution is 2.34. The third kappa shape index (κ3) is 4.64. The van der Waals surface area contributed by atoms with Gasteiger partial charge in [-0.05, 0) is 13.3 Å². The van der Waals surface area contributed by atoms with Crippen LogP contribution in [0.25, 0.3) is 22.2 Å². The maximum atomic E-state index is 12.8. The van der Waals surface area contributed by atoms with Crippen LogP contribution in [0.2, 0.25) is 5.02 Å². The van der Waals surface area contributed by atoms with E-state index in [0.717, 1.165) is 5.57 Å². The molecule has 1 unspecified atom stereocenters. The molecule has 7 nitrogen and oxygen atoms in total. The number of rotatable bonds is 8. The van der Waals surface area contributed by atoms with Crippen LogP contribution in [0.1, 0.15) is 24.7 Å². The first kappa shape index (κ1) is 23.4. The number of amides is 1. The van der Waals surface area contributed by atoms with Crippen LogP contribution in [-0.4, -0.2) is 55.1 Å². The summed E-state index contributed by atoms with van der Waals surface area (Å²) in [5, 5.41) is 24.0. The molecule has 0 radical (unpaired) electrons. The van der Waals surface area contributed by atoms with E-state index in [1.165, 1.54) is 4.68 Å². The molecule has 2 aromatic rings. The zero-order chi connectivity index (χ0) is 23.3. The van der Waals surface area contributed by atoms with Crippen molar-refractivity contribution in [3.05, 3.63) is 78.7 Å². The predicted octanol–water partition coefficient (Wildman–Crippen LogP) is 3.97. The Morgan fingerprint density at radius 1 is 1.19 bits per heavy atom. The highest BCUT2D eigenvalue weighted by molar-refractivity contribution is 6.37. The second kappa shape index (κ2) is 10.3. The predicted molar refractivity (Wildman–Crippen MR) is 129 cm³/mol. The minimum atomic E-state index is -0.494. The first-order valence-corrected chi connectivity index (χ1v) is 10.6. The number of carbonyl (C=O) groups is 1. The van der Waals surface area contributed by atoms with Crippen LogP contribution < -0.4 is 0 Å². The molecule has 166 valence electrons. The lowest BCUT2D eigenvalue weighted by molar-refractivity contribution is -0.131. The number of halogens is 1. The van der Waals surface area contributed by atoms with Gasteiger partial charge in [0.25, 0.3) is 0 Å². The second-order valence-electron chi connectivity index (χ2n) is 7.27. The highest BCUT2D eigenvalue weighted by atomic mass is 35.5. The number of aromatic nitrogens is 4. The molecule has 3 rings (SSSR count). The summed E-state index contributed by atoms with van der Waals surface area (Å²) in [7, 11) is 0. The van der Waals surface area contributed by atoms with Gasteiger partial charge in [-0.25, -0.2) is 4.68 Å². The first-order chi connectivity index (χ1) is 15.4. The third-order valence-electron chi connectivity index (χ3n) is 5.11. The van der Waals surface area contributed by atoms with Gasteiger partial charge in [-0.3, -0.25) is 4.79 Å². The Morgan fingerprint density at radius 3 is 2.50 bits per heavy atom. The van der Waals surface area contributed by atoms with E-state index in [9.17, 15) is 9.90 Å². The quantitative estimate of drug-likeness (QED) is 0.614. The topological polar surface area (TPSA) is 84.1 Å². The summed E-state index contributed by atoms with van der Waals surface area (Å²) in [4.78, 5) is 14.4. The fraction of sp³-hybridized carbons (Fsp3) is 0.250. The zero-order valence-corrected chi connectivity index (χ0v) is 18.8. The van der Waals surface area contributed by atoms with Crippen molar-refractivity contribution in [3.63, 3.8) is 0 Å². The van der Waals surface area contributed by atoms with Crippen LogP contribution in [-0.2, 0) is 11.3 Å². The normalized spacial score (nSPS) is 17.3. The fourth-order valence-electron chi connectivity index (χ4n) is 3.60. The van der Waals surface area contributed by atoms with E-state index in [-0.39, 0.29) is 12.5 Å². The van der Waals surface area contributed by atoms with Crippen molar-refractivity contribution >= 4 is 39.7 Å². The number of hydrogen-bond donors (Lipinski definition) is 1. The van der Waals surface area contributed by atoms with Gasteiger partial charge in [0.15, 0.2) is 5.65 Å². The summed E-state index contributed by atoms with van der Waals surface area (Å²) in [5.41, 5.74) is 2.84. The number of allylic oxidation sites excluding steroid dienone is 9. The van der Waals surface area contributed by atoms with Gasteiger partial charge in [-0.15, -0.1) is 10.2 Å². The number of carbonyl (C=O) groups excluding carboxylic acids is 1. The molecule has 0 aromatic carbocycles. The summed E-state index contributed by atoms with van der Waals surface area (Å²) in [6.45, 7) is 14.0. The number of nitrogens with zero attached hydrogens (tertiary/aromatic N) is 5. The number of β-amino-alcohol motifs (C(OH)–C–C–N with tert-alkyl or cyclic N) is 1.